The number of sulfone groups is 1. The normalized spacial score (nSPS) is 34.1. The maximum Gasteiger partial charge on any atom is 0.435 e. The van der Waals surface area contributed by atoms with Crippen molar-refractivity contribution in [1.82, 2.24) is 14.7 Å². The Kier molecular flexibility index (Phi) is 5.05. The molecule has 3 heterocycles. The third kappa shape index (κ3) is 3.97. The molecule has 5 nitrogen and oxygen atoms in total. The summed E-state index contributed by atoms with van der Waals surface area (Å²) in [4.78, 5) is 2.46. The van der Waals surface area contributed by atoms with E-state index in [4.69, 9.17) is 0 Å². The van der Waals surface area contributed by atoms with Crippen LogP contribution < -0.4 is 0 Å². The number of piperidine rings is 1. The van der Waals surface area contributed by atoms with Gasteiger partial charge in [-0.05, 0) is 63.0 Å². The molecule has 4 rings (SSSR count). The summed E-state index contributed by atoms with van der Waals surface area (Å²) >= 11 is 0. The monoisotopic (exact) mass is 419 g/mol. The van der Waals surface area contributed by atoms with Gasteiger partial charge in [0.15, 0.2) is 15.5 Å². The zero-order valence-electron chi connectivity index (χ0n) is 16.2. The van der Waals surface area contributed by atoms with Gasteiger partial charge in [0.25, 0.3) is 0 Å². The molecule has 0 N–H and O–H groups in total. The number of nitrogens with zero attached hydrogens (tertiary/aromatic N) is 3. The standard InChI is InChI=1S/C19H28F3N3O2S/c1-24-16(11-17(23-24)19(20,21)22)14-3-5-15(6-4-14)25-9-2-7-18(12-25)8-10-28(26,27)13-18/h11,14-15H,2-10,12-13H2,1H3. The maximum absolute atomic E-state index is 12.9. The molecule has 9 heteroatoms. The van der Waals surface area contributed by atoms with E-state index in [1.54, 1.807) is 7.05 Å². The van der Waals surface area contributed by atoms with E-state index in [1.165, 1.54) is 10.7 Å². The number of rotatable bonds is 2. The quantitative estimate of drug-likeness (QED) is 0.738. The summed E-state index contributed by atoms with van der Waals surface area (Å²) in [6, 6.07) is 1.61. The van der Waals surface area contributed by atoms with Crippen LogP contribution in [-0.2, 0) is 23.1 Å². The van der Waals surface area contributed by atoms with Crippen molar-refractivity contribution >= 4 is 9.84 Å². The molecule has 1 spiro atoms. The number of alkyl halides is 3. The fourth-order valence-electron chi connectivity index (χ4n) is 5.60. The van der Waals surface area contributed by atoms with Crippen LogP contribution in [-0.4, -0.2) is 53.7 Å². The van der Waals surface area contributed by atoms with Gasteiger partial charge in [-0.2, -0.15) is 18.3 Å². The van der Waals surface area contributed by atoms with Crippen molar-refractivity contribution in [2.45, 2.75) is 63.1 Å². The second-order valence-electron chi connectivity index (χ2n) is 9.00. The lowest BCUT2D eigenvalue weighted by molar-refractivity contribution is -0.141. The van der Waals surface area contributed by atoms with Crippen LogP contribution in [0, 0.1) is 5.41 Å². The predicted molar refractivity (Wildman–Crippen MR) is 99.7 cm³/mol. The zero-order valence-corrected chi connectivity index (χ0v) is 17.0. The molecule has 3 fully saturated rings. The van der Waals surface area contributed by atoms with E-state index < -0.39 is 21.7 Å². The van der Waals surface area contributed by atoms with Gasteiger partial charge < -0.3 is 0 Å². The van der Waals surface area contributed by atoms with E-state index in [1.807, 2.05) is 0 Å². The molecule has 0 amide bonds. The van der Waals surface area contributed by atoms with Gasteiger partial charge in [-0.3, -0.25) is 9.58 Å². The molecule has 1 aromatic heterocycles. The molecule has 0 bridgehead atoms. The molecular formula is C19H28F3N3O2S. The van der Waals surface area contributed by atoms with E-state index >= 15 is 0 Å². The van der Waals surface area contributed by atoms with Crippen LogP contribution in [0.2, 0.25) is 0 Å². The highest BCUT2D eigenvalue weighted by Crippen LogP contribution is 2.43. The van der Waals surface area contributed by atoms with Gasteiger partial charge in [0.1, 0.15) is 0 Å². The van der Waals surface area contributed by atoms with Gasteiger partial charge in [-0.1, -0.05) is 0 Å². The summed E-state index contributed by atoms with van der Waals surface area (Å²) in [6.45, 7) is 1.85. The van der Waals surface area contributed by atoms with Gasteiger partial charge in [-0.25, -0.2) is 8.42 Å². The molecule has 0 aromatic carbocycles. The second-order valence-corrected chi connectivity index (χ2v) is 11.2. The Morgan fingerprint density at radius 1 is 1.18 bits per heavy atom. The summed E-state index contributed by atoms with van der Waals surface area (Å²) in [7, 11) is -1.31. The summed E-state index contributed by atoms with van der Waals surface area (Å²) in [5, 5.41) is 3.65. The summed E-state index contributed by atoms with van der Waals surface area (Å²) in [5.74, 6) is 0.743. The van der Waals surface area contributed by atoms with Crippen LogP contribution in [0.25, 0.3) is 0 Å². The summed E-state index contributed by atoms with van der Waals surface area (Å²) in [5.41, 5.74) is -0.215. The fraction of sp³-hybridized carbons (Fsp3) is 0.842. The molecule has 1 aliphatic carbocycles. The lowest BCUT2D eigenvalue weighted by Crippen LogP contribution is -2.49. The molecule has 3 aliphatic rings. The summed E-state index contributed by atoms with van der Waals surface area (Å²) < 4.78 is 64.1. The van der Waals surface area contributed by atoms with Crippen LogP contribution in [0.3, 0.4) is 0 Å². The van der Waals surface area contributed by atoms with E-state index in [0.717, 1.165) is 58.0 Å². The molecule has 1 atom stereocenters. The van der Waals surface area contributed by atoms with Crippen molar-refractivity contribution in [3.8, 4) is 0 Å². The zero-order chi connectivity index (χ0) is 20.2. The van der Waals surface area contributed by atoms with E-state index in [-0.39, 0.29) is 11.3 Å². The van der Waals surface area contributed by atoms with Gasteiger partial charge in [-0.15, -0.1) is 0 Å². The van der Waals surface area contributed by atoms with Crippen molar-refractivity contribution in [1.29, 1.82) is 0 Å². The van der Waals surface area contributed by atoms with Crippen molar-refractivity contribution < 1.29 is 21.6 Å². The minimum Gasteiger partial charge on any atom is -0.300 e. The molecule has 2 saturated heterocycles. The van der Waals surface area contributed by atoms with Crippen molar-refractivity contribution in [2.24, 2.45) is 12.5 Å². The van der Waals surface area contributed by atoms with E-state index in [9.17, 15) is 21.6 Å². The predicted octanol–water partition coefficient (Wildman–Crippen LogP) is 3.37. The Bertz CT molecular complexity index is 828. The van der Waals surface area contributed by atoms with Gasteiger partial charge >= 0.3 is 6.18 Å². The Labute approximate surface area is 164 Å². The van der Waals surface area contributed by atoms with Crippen molar-refractivity contribution in [3.63, 3.8) is 0 Å². The number of aromatic nitrogens is 2. The maximum atomic E-state index is 12.9. The molecule has 1 aromatic rings. The average molecular weight is 420 g/mol. The third-order valence-corrected chi connectivity index (χ3v) is 8.88. The Balaban J connectivity index is 1.39. The first-order valence-electron chi connectivity index (χ1n) is 10.1. The van der Waals surface area contributed by atoms with Crippen LogP contribution in [0.5, 0.6) is 0 Å². The average Bonchev–Trinajstić information content (AvgIpc) is 3.15. The molecular weight excluding hydrogens is 391 g/mol. The van der Waals surface area contributed by atoms with Gasteiger partial charge in [0.2, 0.25) is 0 Å². The van der Waals surface area contributed by atoms with Crippen molar-refractivity contribution in [2.75, 3.05) is 24.6 Å². The second kappa shape index (κ2) is 7.00. The minimum absolute atomic E-state index is 0.0718. The number of aryl methyl sites for hydroxylation is 1. The smallest absolute Gasteiger partial charge is 0.300 e. The molecule has 28 heavy (non-hydrogen) atoms. The van der Waals surface area contributed by atoms with Gasteiger partial charge in [0, 0.05) is 31.2 Å². The van der Waals surface area contributed by atoms with E-state index in [0.29, 0.717) is 23.2 Å². The Morgan fingerprint density at radius 2 is 1.89 bits per heavy atom. The molecule has 0 radical (unpaired) electrons. The topological polar surface area (TPSA) is 55.2 Å². The number of hydrogen-bond donors (Lipinski definition) is 0. The fourth-order valence-corrected chi connectivity index (χ4v) is 7.80. The largest absolute Gasteiger partial charge is 0.435 e. The first-order valence-corrected chi connectivity index (χ1v) is 11.9. The van der Waals surface area contributed by atoms with Crippen LogP contribution >= 0.6 is 0 Å². The minimum atomic E-state index is -4.41. The highest BCUT2D eigenvalue weighted by Gasteiger charge is 2.46. The van der Waals surface area contributed by atoms with Gasteiger partial charge in [0.05, 0.1) is 11.5 Å². The van der Waals surface area contributed by atoms with Crippen LogP contribution in [0.1, 0.15) is 62.3 Å². The van der Waals surface area contributed by atoms with Crippen LogP contribution in [0.4, 0.5) is 13.2 Å². The number of hydrogen-bond acceptors (Lipinski definition) is 4. The third-order valence-electron chi connectivity index (χ3n) is 7.00. The highest BCUT2D eigenvalue weighted by molar-refractivity contribution is 7.91. The molecule has 158 valence electrons. The molecule has 1 unspecified atom stereocenters. The lowest BCUT2D eigenvalue weighted by atomic mass is 9.77. The van der Waals surface area contributed by atoms with Crippen LogP contribution in [0.15, 0.2) is 6.07 Å². The SMILES string of the molecule is Cn1nc(C(F)(F)F)cc1C1CCC(N2CCCC3(CCS(=O)(=O)C3)C2)CC1. The summed E-state index contributed by atoms with van der Waals surface area (Å²) in [6.07, 6.45) is 1.99. The number of halogens is 3. The van der Waals surface area contributed by atoms with E-state index in [2.05, 4.69) is 10.00 Å². The Morgan fingerprint density at radius 3 is 2.46 bits per heavy atom. The van der Waals surface area contributed by atoms with Crippen molar-refractivity contribution in [3.05, 3.63) is 17.5 Å². The lowest BCUT2D eigenvalue weighted by Gasteiger charge is -2.45. The first kappa shape index (κ1) is 20.2. The molecule has 2 aliphatic heterocycles. The Hall–Kier alpha value is -1.09. The first-order chi connectivity index (χ1) is 13.1. The molecule has 1 saturated carbocycles. The number of likely N-dealkylation sites (tertiary alicyclic amines) is 1. The highest BCUT2D eigenvalue weighted by atomic mass is 32.2.